The van der Waals surface area contributed by atoms with Crippen LogP contribution >= 0.6 is 11.6 Å². The number of aromatic carboxylic acids is 1. The van der Waals surface area contributed by atoms with Crippen LogP contribution in [0.5, 0.6) is 0 Å². The quantitative estimate of drug-likeness (QED) is 0.778. The van der Waals surface area contributed by atoms with Gasteiger partial charge >= 0.3 is 5.97 Å². The number of carbonyl (C=O) groups is 1. The fourth-order valence-electron chi connectivity index (χ4n) is 2.07. The highest BCUT2D eigenvalue weighted by molar-refractivity contribution is 6.33. The molecule has 0 radical (unpaired) electrons. The van der Waals surface area contributed by atoms with Crippen LogP contribution in [-0.2, 0) is 7.05 Å². The molecule has 0 aromatic carbocycles. The first-order chi connectivity index (χ1) is 9.47. The predicted octanol–water partition coefficient (Wildman–Crippen LogP) is 1.79. The molecule has 0 bridgehead atoms. The van der Waals surface area contributed by atoms with E-state index in [2.05, 4.69) is 15.3 Å². The zero-order chi connectivity index (χ0) is 14.4. The maximum atomic E-state index is 11.1. The van der Waals surface area contributed by atoms with E-state index in [-0.39, 0.29) is 10.6 Å². The summed E-state index contributed by atoms with van der Waals surface area (Å²) in [6.07, 6.45) is 3.25. The monoisotopic (exact) mass is 291 g/mol. The average molecular weight is 292 g/mol. The number of pyridine rings is 1. The van der Waals surface area contributed by atoms with Crippen LogP contribution in [0.2, 0.25) is 5.02 Å². The highest BCUT2D eigenvalue weighted by atomic mass is 35.5. The highest BCUT2D eigenvalue weighted by Gasteiger charge is 2.17. The van der Waals surface area contributed by atoms with Crippen molar-refractivity contribution >= 4 is 23.2 Å². The number of nitrogens with zero attached hydrogens (tertiary/aromatic N) is 5. The van der Waals surface area contributed by atoms with Crippen molar-refractivity contribution in [3.05, 3.63) is 34.7 Å². The fraction of sp³-hybridized carbons (Fsp3) is 0.167. The molecule has 8 heteroatoms. The third-order valence-electron chi connectivity index (χ3n) is 2.96. The van der Waals surface area contributed by atoms with Crippen LogP contribution < -0.4 is 0 Å². The number of carboxylic acid groups (broad SMARTS) is 1. The Morgan fingerprint density at radius 1 is 1.35 bits per heavy atom. The third-order valence-corrected chi connectivity index (χ3v) is 3.24. The zero-order valence-electron chi connectivity index (χ0n) is 10.7. The molecule has 0 unspecified atom stereocenters. The average Bonchev–Trinajstić information content (AvgIpc) is 2.92. The first kappa shape index (κ1) is 12.6. The lowest BCUT2D eigenvalue weighted by Gasteiger charge is -2.02. The van der Waals surface area contributed by atoms with E-state index in [4.69, 9.17) is 16.7 Å². The van der Waals surface area contributed by atoms with Crippen molar-refractivity contribution < 1.29 is 9.90 Å². The number of halogens is 1. The van der Waals surface area contributed by atoms with Gasteiger partial charge in [0.2, 0.25) is 0 Å². The molecule has 0 saturated carbocycles. The molecule has 0 spiro atoms. The van der Waals surface area contributed by atoms with E-state index in [1.165, 1.54) is 12.3 Å². The normalized spacial score (nSPS) is 11.2. The molecule has 0 amide bonds. The fourth-order valence-corrected chi connectivity index (χ4v) is 2.32. The van der Waals surface area contributed by atoms with Crippen LogP contribution in [0.4, 0.5) is 0 Å². The van der Waals surface area contributed by atoms with Crippen molar-refractivity contribution in [2.75, 3.05) is 0 Å². The van der Waals surface area contributed by atoms with Gasteiger partial charge in [0, 0.05) is 19.4 Å². The van der Waals surface area contributed by atoms with Crippen LogP contribution in [0.15, 0.2) is 18.5 Å². The summed E-state index contributed by atoms with van der Waals surface area (Å²) >= 11 is 6.04. The summed E-state index contributed by atoms with van der Waals surface area (Å²) in [5.41, 5.74) is 2.04. The molecule has 0 aliphatic heterocycles. The number of fused-ring (bicyclic) bond motifs is 1. The van der Waals surface area contributed by atoms with Gasteiger partial charge < -0.3 is 5.11 Å². The molecule has 20 heavy (non-hydrogen) atoms. The Bertz CT molecular complexity index is 836. The van der Waals surface area contributed by atoms with Crippen molar-refractivity contribution in [2.24, 2.45) is 7.05 Å². The summed E-state index contributed by atoms with van der Waals surface area (Å²) in [4.78, 5) is 11.1. The summed E-state index contributed by atoms with van der Waals surface area (Å²) < 4.78 is 3.23. The lowest BCUT2D eigenvalue weighted by Crippen LogP contribution is -2.00. The highest BCUT2D eigenvalue weighted by Crippen LogP contribution is 2.25. The number of carboxylic acids is 1. The van der Waals surface area contributed by atoms with E-state index >= 15 is 0 Å². The van der Waals surface area contributed by atoms with Gasteiger partial charge in [-0.3, -0.25) is 9.08 Å². The molecule has 7 nitrogen and oxygen atoms in total. The second kappa shape index (κ2) is 4.31. The largest absolute Gasteiger partial charge is 0.478 e. The second-order valence-corrected chi connectivity index (χ2v) is 4.81. The van der Waals surface area contributed by atoms with Crippen LogP contribution in [0.3, 0.4) is 0 Å². The molecular weight excluding hydrogens is 282 g/mol. The van der Waals surface area contributed by atoms with E-state index < -0.39 is 5.97 Å². The smallest absolute Gasteiger partial charge is 0.337 e. The van der Waals surface area contributed by atoms with Gasteiger partial charge in [-0.05, 0) is 13.0 Å². The topological polar surface area (TPSA) is 85.3 Å². The summed E-state index contributed by atoms with van der Waals surface area (Å²) in [5, 5.41) is 21.7. The van der Waals surface area contributed by atoms with Crippen LogP contribution in [0, 0.1) is 6.92 Å². The number of aromatic nitrogens is 5. The van der Waals surface area contributed by atoms with Crippen molar-refractivity contribution in [1.29, 1.82) is 0 Å². The molecule has 102 valence electrons. The lowest BCUT2D eigenvalue weighted by atomic mass is 10.2. The number of aryl methyl sites for hydroxylation is 2. The Hall–Kier alpha value is -2.41. The number of hydrogen-bond donors (Lipinski definition) is 1. The predicted molar refractivity (Wildman–Crippen MR) is 71.9 cm³/mol. The first-order valence-corrected chi connectivity index (χ1v) is 6.13. The Kier molecular flexibility index (Phi) is 2.72. The van der Waals surface area contributed by atoms with Gasteiger partial charge in [0.25, 0.3) is 0 Å². The Labute approximate surface area is 118 Å². The van der Waals surface area contributed by atoms with E-state index in [1.807, 2.05) is 6.92 Å². The first-order valence-electron chi connectivity index (χ1n) is 5.75. The standard InChI is InChI=1S/C12H10ClN5O2/c1-6-8(5-17(2)16-6)10-14-15-11-9(13)3-7(12(19)20)4-18(10)11/h3-5H,1-2H3,(H,19,20). The summed E-state index contributed by atoms with van der Waals surface area (Å²) in [7, 11) is 1.80. The molecule has 0 atom stereocenters. The van der Waals surface area contributed by atoms with Crippen molar-refractivity contribution in [1.82, 2.24) is 24.4 Å². The SMILES string of the molecule is Cc1nn(C)cc1-c1nnc2c(Cl)cc(C(=O)O)cn12. The Balaban J connectivity index is 2.32. The Morgan fingerprint density at radius 3 is 2.70 bits per heavy atom. The summed E-state index contributed by atoms with van der Waals surface area (Å²) in [6.45, 7) is 1.85. The molecule has 0 aliphatic carbocycles. The minimum absolute atomic E-state index is 0.0742. The molecule has 0 fully saturated rings. The Morgan fingerprint density at radius 2 is 2.10 bits per heavy atom. The van der Waals surface area contributed by atoms with Crippen molar-refractivity contribution in [3.8, 4) is 11.4 Å². The maximum absolute atomic E-state index is 11.1. The van der Waals surface area contributed by atoms with Crippen LogP contribution in [0.25, 0.3) is 17.0 Å². The number of hydrogen-bond acceptors (Lipinski definition) is 4. The molecular formula is C12H10ClN5O2. The molecule has 1 N–H and O–H groups in total. The molecule has 3 rings (SSSR count). The lowest BCUT2D eigenvalue weighted by molar-refractivity contribution is 0.0696. The van der Waals surface area contributed by atoms with Crippen molar-refractivity contribution in [2.45, 2.75) is 6.92 Å². The van der Waals surface area contributed by atoms with Gasteiger partial charge in [-0.15, -0.1) is 10.2 Å². The molecule has 3 aromatic rings. The minimum atomic E-state index is -1.06. The minimum Gasteiger partial charge on any atom is -0.478 e. The van der Waals surface area contributed by atoms with E-state index in [0.29, 0.717) is 11.5 Å². The van der Waals surface area contributed by atoms with E-state index in [1.54, 1.807) is 22.3 Å². The van der Waals surface area contributed by atoms with Crippen LogP contribution in [0.1, 0.15) is 16.1 Å². The van der Waals surface area contributed by atoms with E-state index in [0.717, 1.165) is 11.3 Å². The maximum Gasteiger partial charge on any atom is 0.337 e. The van der Waals surface area contributed by atoms with Gasteiger partial charge in [0.1, 0.15) is 0 Å². The van der Waals surface area contributed by atoms with Gasteiger partial charge in [0.15, 0.2) is 11.5 Å². The molecule has 3 aromatic heterocycles. The van der Waals surface area contributed by atoms with Gasteiger partial charge in [0.05, 0.1) is 21.8 Å². The van der Waals surface area contributed by atoms with Gasteiger partial charge in [-0.2, -0.15) is 5.10 Å². The third kappa shape index (κ3) is 1.83. The van der Waals surface area contributed by atoms with Gasteiger partial charge in [-0.25, -0.2) is 4.79 Å². The second-order valence-electron chi connectivity index (χ2n) is 4.40. The van der Waals surface area contributed by atoms with Crippen molar-refractivity contribution in [3.63, 3.8) is 0 Å². The van der Waals surface area contributed by atoms with Crippen LogP contribution in [-0.4, -0.2) is 35.5 Å². The molecule has 3 heterocycles. The van der Waals surface area contributed by atoms with Gasteiger partial charge in [-0.1, -0.05) is 11.6 Å². The summed E-state index contributed by atoms with van der Waals surface area (Å²) in [6, 6.07) is 1.35. The van der Waals surface area contributed by atoms with E-state index in [9.17, 15) is 4.79 Å². The summed E-state index contributed by atoms with van der Waals surface area (Å²) in [5.74, 6) is -0.549. The molecule has 0 saturated heterocycles. The molecule has 0 aliphatic rings. The number of rotatable bonds is 2. The zero-order valence-corrected chi connectivity index (χ0v) is 11.5.